The van der Waals surface area contributed by atoms with E-state index in [0.29, 0.717) is 10.4 Å². The number of likely N-dealkylation sites (tertiary alicyclic amines) is 1. The van der Waals surface area contributed by atoms with Crippen LogP contribution in [0.4, 0.5) is 11.5 Å². The van der Waals surface area contributed by atoms with Crippen molar-refractivity contribution in [1.82, 2.24) is 19.7 Å². The second-order valence-corrected chi connectivity index (χ2v) is 11.2. The molecule has 0 radical (unpaired) electrons. The molecule has 0 saturated carbocycles. The van der Waals surface area contributed by atoms with E-state index in [-0.39, 0.29) is 5.91 Å². The zero-order chi connectivity index (χ0) is 26.2. The number of pyridine rings is 1. The van der Waals surface area contributed by atoms with Gasteiger partial charge in [0.1, 0.15) is 10.6 Å². The van der Waals surface area contributed by atoms with Crippen LogP contribution in [-0.4, -0.2) is 57.8 Å². The molecule has 1 spiro atoms. The number of anilines is 2. The number of rotatable bonds is 5. The highest BCUT2D eigenvalue weighted by atomic mass is 32.1. The Morgan fingerprint density at radius 3 is 2.70 bits per heavy atom. The van der Waals surface area contributed by atoms with Gasteiger partial charge in [0.15, 0.2) is 0 Å². The average molecular weight is 519 g/mol. The normalized spacial score (nSPS) is 19.6. The third-order valence-corrected chi connectivity index (χ3v) is 8.85. The van der Waals surface area contributed by atoms with Gasteiger partial charge in [-0.3, -0.25) is 14.4 Å². The van der Waals surface area contributed by atoms with Crippen LogP contribution in [0.2, 0.25) is 0 Å². The number of thiophene rings is 1. The number of aryl methyl sites for hydroxylation is 2. The zero-order valence-electron chi connectivity index (χ0n) is 22.7. The Hall–Kier alpha value is -2.97. The van der Waals surface area contributed by atoms with Crippen LogP contribution in [0.25, 0.3) is 21.1 Å². The summed E-state index contributed by atoms with van der Waals surface area (Å²) in [5.41, 5.74) is 3.25. The van der Waals surface area contributed by atoms with Crippen molar-refractivity contribution < 1.29 is 4.79 Å². The van der Waals surface area contributed by atoms with E-state index in [1.54, 1.807) is 0 Å². The van der Waals surface area contributed by atoms with Gasteiger partial charge >= 0.3 is 0 Å². The minimum Gasteiger partial charge on any atom is -0.355 e. The minimum absolute atomic E-state index is 0.0807. The second kappa shape index (κ2) is 10.4. The Balaban J connectivity index is 0.00000137. The molecule has 5 heterocycles. The summed E-state index contributed by atoms with van der Waals surface area (Å²) in [4.78, 5) is 24.8. The monoisotopic (exact) mass is 518 g/mol. The van der Waals surface area contributed by atoms with Gasteiger partial charge in [-0.25, -0.2) is 4.98 Å². The summed E-state index contributed by atoms with van der Waals surface area (Å²) >= 11 is 1.47. The number of aromatic nitrogens is 3. The number of hydrogen-bond acceptors (Lipinski definition) is 6. The highest BCUT2D eigenvalue weighted by Crippen LogP contribution is 2.38. The first-order valence-corrected chi connectivity index (χ1v) is 14.4. The van der Waals surface area contributed by atoms with Crippen LogP contribution in [0.1, 0.15) is 61.7 Å². The minimum atomic E-state index is -0.0807. The fraction of sp³-hybridized carbons (Fsp3) is 0.483. The second-order valence-electron chi connectivity index (χ2n) is 10.2. The lowest BCUT2D eigenvalue weighted by Gasteiger charge is -2.32. The van der Waals surface area contributed by atoms with Crippen molar-refractivity contribution >= 4 is 49.9 Å². The van der Waals surface area contributed by atoms with Crippen molar-refractivity contribution in [3.05, 3.63) is 47.0 Å². The molecule has 0 aliphatic carbocycles. The molecule has 7 nitrogen and oxygen atoms in total. The number of amides is 1. The topological polar surface area (TPSA) is 66.3 Å². The number of benzene rings is 1. The molecule has 1 aromatic carbocycles. The molecule has 0 bridgehead atoms. The maximum absolute atomic E-state index is 13.3. The molecule has 2 fully saturated rings. The van der Waals surface area contributed by atoms with Gasteiger partial charge < -0.3 is 10.2 Å². The third kappa shape index (κ3) is 4.84. The maximum Gasteiger partial charge on any atom is 0.265 e. The van der Waals surface area contributed by atoms with Crippen LogP contribution in [0.15, 0.2) is 36.5 Å². The number of nitrogens with zero attached hydrogens (tertiary/aromatic N) is 5. The summed E-state index contributed by atoms with van der Waals surface area (Å²) in [6.45, 7) is 9.42. The summed E-state index contributed by atoms with van der Waals surface area (Å²) in [5, 5.41) is 9.74. The van der Waals surface area contributed by atoms with Gasteiger partial charge in [-0.1, -0.05) is 27.2 Å². The third-order valence-electron chi connectivity index (χ3n) is 7.81. The number of fused-ring (bicyclic) bond motifs is 2. The molecule has 37 heavy (non-hydrogen) atoms. The van der Waals surface area contributed by atoms with Crippen LogP contribution in [0.3, 0.4) is 0 Å². The quantitative estimate of drug-likeness (QED) is 0.346. The van der Waals surface area contributed by atoms with E-state index in [4.69, 9.17) is 4.98 Å². The molecule has 1 N–H and O–H groups in total. The molecular weight excluding hydrogens is 480 g/mol. The highest BCUT2D eigenvalue weighted by Gasteiger charge is 2.44. The van der Waals surface area contributed by atoms with Gasteiger partial charge in [0.25, 0.3) is 5.91 Å². The summed E-state index contributed by atoms with van der Waals surface area (Å²) in [5.74, 6) is 0.943. The van der Waals surface area contributed by atoms with Crippen LogP contribution in [0, 0.1) is 0 Å². The number of nitrogens with one attached hydrogen (secondary N) is 1. The summed E-state index contributed by atoms with van der Waals surface area (Å²) < 4.78 is 1.81. The van der Waals surface area contributed by atoms with E-state index < -0.39 is 0 Å². The van der Waals surface area contributed by atoms with Gasteiger partial charge in [-0.15, -0.1) is 11.3 Å². The van der Waals surface area contributed by atoms with Crippen molar-refractivity contribution in [3.8, 4) is 0 Å². The van der Waals surface area contributed by atoms with Crippen LogP contribution in [-0.2, 0) is 13.5 Å². The molecule has 8 heteroatoms. The van der Waals surface area contributed by atoms with Crippen molar-refractivity contribution in [1.29, 1.82) is 0 Å². The summed E-state index contributed by atoms with van der Waals surface area (Å²) in [6, 6.07) is 10.3. The van der Waals surface area contributed by atoms with E-state index in [1.165, 1.54) is 37.1 Å². The Bertz CT molecular complexity index is 1420. The molecule has 1 atom stereocenters. The van der Waals surface area contributed by atoms with Crippen molar-refractivity contribution in [2.24, 2.45) is 7.05 Å². The molecular formula is C29H38N6OS. The Labute approximate surface area is 223 Å². The largest absolute Gasteiger partial charge is 0.355 e. The lowest BCUT2D eigenvalue weighted by molar-refractivity contribution is 0.103. The Morgan fingerprint density at radius 1 is 1.11 bits per heavy atom. The van der Waals surface area contributed by atoms with Crippen molar-refractivity contribution in [3.63, 3.8) is 0 Å². The predicted molar refractivity (Wildman–Crippen MR) is 155 cm³/mol. The van der Waals surface area contributed by atoms with Gasteiger partial charge in [-0.2, -0.15) is 5.10 Å². The smallest absolute Gasteiger partial charge is 0.265 e. The van der Waals surface area contributed by atoms with E-state index in [9.17, 15) is 4.79 Å². The van der Waals surface area contributed by atoms with Crippen molar-refractivity contribution in [2.45, 2.75) is 58.4 Å². The van der Waals surface area contributed by atoms with Gasteiger partial charge in [0.05, 0.1) is 10.4 Å². The van der Waals surface area contributed by atoms with Gasteiger partial charge in [-0.05, 0) is 75.2 Å². The molecule has 196 valence electrons. The predicted octanol–water partition coefficient (Wildman–Crippen LogP) is 6.09. The zero-order valence-corrected chi connectivity index (χ0v) is 23.5. The molecule has 2 saturated heterocycles. The Kier molecular flexibility index (Phi) is 7.23. The first-order chi connectivity index (χ1) is 17.9. The van der Waals surface area contributed by atoms with E-state index >= 15 is 0 Å². The highest BCUT2D eigenvalue weighted by molar-refractivity contribution is 7.20. The van der Waals surface area contributed by atoms with E-state index in [0.717, 1.165) is 64.1 Å². The fourth-order valence-electron chi connectivity index (χ4n) is 5.85. The number of likely N-dealkylation sites (N-methyl/N-ethyl adjacent to an activating group) is 1. The molecule has 3 aromatic heterocycles. The van der Waals surface area contributed by atoms with Crippen LogP contribution < -0.4 is 10.2 Å². The number of hydrogen-bond donors (Lipinski definition) is 1. The maximum atomic E-state index is 13.3. The molecule has 4 aromatic rings. The fourth-order valence-corrected chi connectivity index (χ4v) is 6.77. The first kappa shape index (κ1) is 25.7. The SMILES string of the molecule is CC.CCCc1cc2nn(C)cc2cc1NC(=O)c1cc2ccc(N3CCC4(CCCN4C)C3)nc2s1. The van der Waals surface area contributed by atoms with Gasteiger partial charge in [0.2, 0.25) is 0 Å². The standard InChI is InChI=1S/C27H32N6OS.C2H6/c1-4-6-18-13-22-20(16-32(3)30-22)14-21(18)28-25(34)23-15-19-7-8-24(29-26(19)35-23)33-12-10-27(17-33)9-5-11-31(27)2;1-2/h7-8,13-16H,4-6,9-12,17H2,1-3H3,(H,28,34);1-2H3. The van der Waals surface area contributed by atoms with Crippen molar-refractivity contribution in [2.75, 3.05) is 36.9 Å². The number of carbonyl (C=O) groups excluding carboxylic acids is 1. The average Bonchev–Trinajstić information content (AvgIpc) is 3.67. The van der Waals surface area contributed by atoms with E-state index in [1.807, 2.05) is 43.9 Å². The summed E-state index contributed by atoms with van der Waals surface area (Å²) in [6.07, 6.45) is 7.64. The Morgan fingerprint density at radius 2 is 1.95 bits per heavy atom. The van der Waals surface area contributed by atoms with Crippen LogP contribution in [0.5, 0.6) is 0 Å². The first-order valence-electron chi connectivity index (χ1n) is 13.6. The molecule has 1 amide bonds. The molecule has 1 unspecified atom stereocenters. The molecule has 2 aliphatic heterocycles. The number of carbonyl (C=O) groups is 1. The molecule has 2 aliphatic rings. The van der Waals surface area contributed by atoms with E-state index in [2.05, 4.69) is 52.4 Å². The van der Waals surface area contributed by atoms with Gasteiger partial charge in [0, 0.05) is 48.3 Å². The lowest BCUT2D eigenvalue weighted by Crippen LogP contribution is -2.43. The molecule has 6 rings (SSSR count). The summed E-state index contributed by atoms with van der Waals surface area (Å²) in [7, 11) is 4.18. The van der Waals surface area contributed by atoms with Crippen LogP contribution >= 0.6 is 11.3 Å². The lowest BCUT2D eigenvalue weighted by atomic mass is 9.96.